The van der Waals surface area contributed by atoms with Crippen LogP contribution in [-0.4, -0.2) is 26.5 Å². The first kappa shape index (κ1) is 12.1. The van der Waals surface area contributed by atoms with Gasteiger partial charge in [-0.25, -0.2) is 0 Å². The molecule has 2 aromatic heterocycles. The Morgan fingerprint density at radius 3 is 2.88 bits per heavy atom. The highest BCUT2D eigenvalue weighted by Gasteiger charge is 2.03. The van der Waals surface area contributed by atoms with Gasteiger partial charge in [0.25, 0.3) is 0 Å². The zero-order valence-corrected chi connectivity index (χ0v) is 10.7. The van der Waals surface area contributed by atoms with Crippen molar-refractivity contribution in [2.24, 2.45) is 0 Å². The van der Waals surface area contributed by atoms with Gasteiger partial charge in [-0.05, 0) is 12.5 Å². The Bertz CT molecular complexity index is 511. The molecule has 0 aliphatic rings. The van der Waals surface area contributed by atoms with Gasteiger partial charge in [-0.3, -0.25) is 4.68 Å². The van der Waals surface area contributed by atoms with Crippen molar-refractivity contribution in [1.82, 2.24) is 20.0 Å². The third-order valence-electron chi connectivity index (χ3n) is 2.14. The molecule has 5 nitrogen and oxygen atoms in total. The van der Waals surface area contributed by atoms with Crippen molar-refractivity contribution in [3.05, 3.63) is 34.3 Å². The van der Waals surface area contributed by atoms with Crippen LogP contribution in [0.4, 0.5) is 5.69 Å². The lowest BCUT2D eigenvalue weighted by molar-refractivity contribution is 0.637. The van der Waals surface area contributed by atoms with E-state index in [9.17, 15) is 0 Å². The number of hydrogen-bond donors (Lipinski definition) is 1. The van der Waals surface area contributed by atoms with Gasteiger partial charge >= 0.3 is 0 Å². The maximum Gasteiger partial charge on any atom is 0.174 e. The highest BCUT2D eigenvalue weighted by molar-refractivity contribution is 6.33. The largest absolute Gasteiger partial charge is 0.381 e. The van der Waals surface area contributed by atoms with E-state index >= 15 is 0 Å². The fourth-order valence-electron chi connectivity index (χ4n) is 1.37. The van der Waals surface area contributed by atoms with E-state index in [1.165, 1.54) is 0 Å². The van der Waals surface area contributed by atoms with Crippen LogP contribution in [0.15, 0.2) is 18.5 Å². The van der Waals surface area contributed by atoms with Gasteiger partial charge in [0.15, 0.2) is 10.3 Å². The van der Waals surface area contributed by atoms with Crippen LogP contribution < -0.4 is 5.32 Å². The van der Waals surface area contributed by atoms with E-state index in [2.05, 4.69) is 20.6 Å². The summed E-state index contributed by atoms with van der Waals surface area (Å²) in [6.07, 6.45) is 3.79. The molecule has 0 unspecified atom stereocenters. The molecule has 7 heteroatoms. The first-order chi connectivity index (χ1) is 8.15. The summed E-state index contributed by atoms with van der Waals surface area (Å²) in [7, 11) is 0. The Hall–Kier alpha value is -1.33. The van der Waals surface area contributed by atoms with Gasteiger partial charge in [0.1, 0.15) is 0 Å². The number of rotatable bonds is 4. The zero-order chi connectivity index (χ0) is 12.3. The molecule has 2 rings (SSSR count). The Kier molecular flexibility index (Phi) is 3.81. The van der Waals surface area contributed by atoms with Crippen LogP contribution in [0.25, 0.3) is 0 Å². The number of aromatic nitrogens is 4. The average molecular weight is 272 g/mol. The van der Waals surface area contributed by atoms with Crippen LogP contribution >= 0.6 is 23.2 Å². The van der Waals surface area contributed by atoms with Gasteiger partial charge in [0.05, 0.1) is 18.4 Å². The lowest BCUT2D eigenvalue weighted by atomic mass is 10.4. The molecule has 0 bridgehead atoms. The molecule has 0 atom stereocenters. The Balaban J connectivity index is 1.91. The summed E-state index contributed by atoms with van der Waals surface area (Å²) in [6, 6.07) is 1.64. The predicted octanol–water partition coefficient (Wildman–Crippen LogP) is 2.40. The number of hydrogen-bond acceptors (Lipinski definition) is 4. The van der Waals surface area contributed by atoms with Crippen LogP contribution in [0.3, 0.4) is 0 Å². The van der Waals surface area contributed by atoms with Gasteiger partial charge in [-0.15, -0.1) is 10.2 Å². The minimum absolute atomic E-state index is 0.311. The molecule has 0 aliphatic heterocycles. The van der Waals surface area contributed by atoms with Crippen LogP contribution in [0.1, 0.15) is 5.56 Å². The van der Waals surface area contributed by atoms with E-state index in [0.29, 0.717) is 22.5 Å². The Labute approximate surface area is 109 Å². The van der Waals surface area contributed by atoms with Crippen molar-refractivity contribution in [2.45, 2.75) is 13.5 Å². The third kappa shape index (κ3) is 3.31. The molecule has 0 amide bonds. The minimum atomic E-state index is 0.311. The maximum absolute atomic E-state index is 5.86. The first-order valence-electron chi connectivity index (χ1n) is 5.07. The summed E-state index contributed by atoms with van der Waals surface area (Å²) < 4.78 is 1.85. The van der Waals surface area contributed by atoms with E-state index in [1.54, 1.807) is 6.07 Å². The SMILES string of the molecule is Cc1cnn(CCNc2cc(Cl)nnc2Cl)c1. The highest BCUT2D eigenvalue weighted by Crippen LogP contribution is 2.20. The smallest absolute Gasteiger partial charge is 0.174 e. The summed E-state index contributed by atoms with van der Waals surface area (Å²) in [4.78, 5) is 0. The Morgan fingerprint density at radius 2 is 2.18 bits per heavy atom. The van der Waals surface area contributed by atoms with Gasteiger partial charge in [0.2, 0.25) is 0 Å². The average Bonchev–Trinajstić information content (AvgIpc) is 2.69. The molecule has 0 fully saturated rings. The van der Waals surface area contributed by atoms with Crippen LogP contribution in [0.2, 0.25) is 10.3 Å². The van der Waals surface area contributed by atoms with Crippen molar-refractivity contribution in [3.63, 3.8) is 0 Å². The summed E-state index contributed by atoms with van der Waals surface area (Å²) in [5, 5.41) is 15.3. The second-order valence-corrected chi connectivity index (χ2v) is 4.32. The summed E-state index contributed by atoms with van der Waals surface area (Å²) in [6.45, 7) is 3.42. The van der Waals surface area contributed by atoms with Crippen molar-refractivity contribution >= 4 is 28.9 Å². The molecule has 2 heterocycles. The highest BCUT2D eigenvalue weighted by atomic mass is 35.5. The monoisotopic (exact) mass is 271 g/mol. The van der Waals surface area contributed by atoms with Crippen molar-refractivity contribution in [1.29, 1.82) is 0 Å². The third-order valence-corrected chi connectivity index (χ3v) is 2.60. The number of anilines is 1. The molecular formula is C10H11Cl2N5. The van der Waals surface area contributed by atoms with E-state index in [-0.39, 0.29) is 0 Å². The molecule has 0 aliphatic carbocycles. The number of nitrogens with zero attached hydrogens (tertiary/aromatic N) is 4. The minimum Gasteiger partial charge on any atom is -0.381 e. The van der Waals surface area contributed by atoms with Gasteiger partial charge in [-0.1, -0.05) is 23.2 Å². The molecule has 0 saturated heterocycles. The quantitative estimate of drug-likeness (QED) is 0.928. The molecule has 1 N–H and O–H groups in total. The topological polar surface area (TPSA) is 55.6 Å². The lowest BCUT2D eigenvalue weighted by Crippen LogP contribution is -2.11. The van der Waals surface area contributed by atoms with Crippen molar-refractivity contribution < 1.29 is 0 Å². The zero-order valence-electron chi connectivity index (χ0n) is 9.19. The first-order valence-corrected chi connectivity index (χ1v) is 5.82. The molecule has 0 spiro atoms. The molecule has 0 aromatic carbocycles. The number of nitrogens with one attached hydrogen (secondary N) is 1. The van der Waals surface area contributed by atoms with Crippen molar-refractivity contribution in [2.75, 3.05) is 11.9 Å². The number of aryl methyl sites for hydroxylation is 1. The Morgan fingerprint density at radius 1 is 1.35 bits per heavy atom. The second kappa shape index (κ2) is 5.33. The predicted molar refractivity (Wildman–Crippen MR) is 67.5 cm³/mol. The molecule has 0 radical (unpaired) electrons. The fraction of sp³-hybridized carbons (Fsp3) is 0.300. The number of halogens is 2. The van der Waals surface area contributed by atoms with Gasteiger partial charge < -0.3 is 5.32 Å². The van der Waals surface area contributed by atoms with Crippen LogP contribution in [-0.2, 0) is 6.54 Å². The summed E-state index contributed by atoms with van der Waals surface area (Å²) in [5.41, 5.74) is 1.81. The maximum atomic E-state index is 5.86. The summed E-state index contributed by atoms with van der Waals surface area (Å²) >= 11 is 11.6. The van der Waals surface area contributed by atoms with E-state index in [4.69, 9.17) is 23.2 Å². The lowest BCUT2D eigenvalue weighted by Gasteiger charge is -2.07. The van der Waals surface area contributed by atoms with Gasteiger partial charge in [-0.2, -0.15) is 5.10 Å². The van der Waals surface area contributed by atoms with Crippen LogP contribution in [0, 0.1) is 6.92 Å². The van der Waals surface area contributed by atoms with E-state index < -0.39 is 0 Å². The van der Waals surface area contributed by atoms with Crippen molar-refractivity contribution in [3.8, 4) is 0 Å². The van der Waals surface area contributed by atoms with Gasteiger partial charge in [0, 0.05) is 18.8 Å². The molecule has 90 valence electrons. The summed E-state index contributed by atoms with van der Waals surface area (Å²) in [5.74, 6) is 0. The molecular weight excluding hydrogens is 261 g/mol. The van der Waals surface area contributed by atoms with E-state index in [0.717, 1.165) is 12.1 Å². The second-order valence-electron chi connectivity index (χ2n) is 3.58. The fourth-order valence-corrected chi connectivity index (χ4v) is 1.68. The van der Waals surface area contributed by atoms with Crippen LogP contribution in [0.5, 0.6) is 0 Å². The molecule has 0 saturated carbocycles. The molecule has 17 heavy (non-hydrogen) atoms. The molecule has 2 aromatic rings. The standard InChI is InChI=1S/C10H11Cl2N5/c1-7-5-14-17(6-7)3-2-13-8-4-9(11)15-16-10(8)12/h4-6H,2-3H2,1H3,(H,13,15). The van der Waals surface area contributed by atoms with E-state index in [1.807, 2.05) is 24.0 Å². The normalized spacial score (nSPS) is 10.5.